The summed E-state index contributed by atoms with van der Waals surface area (Å²) in [6, 6.07) is 18.5. The Hall–Kier alpha value is -3.69. The summed E-state index contributed by atoms with van der Waals surface area (Å²) in [6.07, 6.45) is 7.95. The zero-order valence-corrected chi connectivity index (χ0v) is 21.9. The number of ketones is 1. The lowest BCUT2D eigenvalue weighted by Crippen LogP contribution is -2.28. The number of rotatable bonds is 12. The van der Waals surface area contributed by atoms with Crippen LogP contribution >= 0.6 is 0 Å². The molecule has 190 valence electrons. The Bertz CT molecular complexity index is 1170. The highest BCUT2D eigenvalue weighted by Crippen LogP contribution is 2.19. The van der Waals surface area contributed by atoms with Gasteiger partial charge in [-0.1, -0.05) is 62.4 Å². The molecule has 0 saturated heterocycles. The van der Waals surface area contributed by atoms with Crippen molar-refractivity contribution in [2.75, 3.05) is 20.1 Å². The fourth-order valence-corrected chi connectivity index (χ4v) is 3.84. The number of hydrogen-bond donors (Lipinski definition) is 2. The van der Waals surface area contributed by atoms with E-state index < -0.39 is 0 Å². The molecule has 0 spiro atoms. The predicted molar refractivity (Wildman–Crippen MR) is 147 cm³/mol. The fraction of sp³-hybridized carbons (Fsp3) is 0.367. The van der Waals surface area contributed by atoms with Crippen molar-refractivity contribution in [3.05, 3.63) is 77.5 Å². The van der Waals surface area contributed by atoms with Gasteiger partial charge < -0.3 is 10.3 Å². The van der Waals surface area contributed by atoms with Crippen LogP contribution in [0, 0.1) is 17.2 Å². The molecule has 0 fully saturated rings. The lowest BCUT2D eigenvalue weighted by atomic mass is 10.1. The van der Waals surface area contributed by atoms with Crippen molar-refractivity contribution >= 4 is 28.7 Å². The van der Waals surface area contributed by atoms with E-state index >= 15 is 0 Å². The molecule has 1 aromatic heterocycles. The quantitative estimate of drug-likeness (QED) is 0.331. The van der Waals surface area contributed by atoms with Gasteiger partial charge in [-0.25, -0.2) is 0 Å². The van der Waals surface area contributed by atoms with Crippen LogP contribution in [0.4, 0.5) is 0 Å². The average Bonchev–Trinajstić information content (AvgIpc) is 3.30. The maximum Gasteiger partial charge on any atom is 0.219 e. The Labute approximate surface area is 215 Å². The standard InChI is InChI=1S/C28H35N3O2.C2H3N/c1-21(2)27(32)15-14-22-10-12-23(13-11-22)20-31(17-6-9-28(33)29-3)18-16-24-19-30-26-8-5-4-7-25(24)26;1-2-3/h4-5,7-8,10-15,19,21,30H,6,9,16-18,20H2,1-3H3,(H,29,33);1H3/b15-14+;. The second-order valence-corrected chi connectivity index (χ2v) is 9.02. The van der Waals surface area contributed by atoms with Crippen molar-refractivity contribution in [2.45, 2.75) is 46.6 Å². The highest BCUT2D eigenvalue weighted by Gasteiger charge is 2.10. The zero-order valence-electron chi connectivity index (χ0n) is 21.9. The second-order valence-electron chi connectivity index (χ2n) is 9.02. The summed E-state index contributed by atoms with van der Waals surface area (Å²) in [5.41, 5.74) is 4.73. The van der Waals surface area contributed by atoms with Crippen LogP contribution < -0.4 is 5.32 Å². The molecular weight excluding hydrogens is 448 g/mol. The largest absolute Gasteiger partial charge is 0.361 e. The number of benzene rings is 2. The van der Waals surface area contributed by atoms with E-state index in [2.05, 4.69) is 63.9 Å². The molecular formula is C30H38N4O2. The van der Waals surface area contributed by atoms with Crippen LogP contribution in [0.1, 0.15) is 50.3 Å². The molecule has 1 amide bonds. The number of nitrogens with zero attached hydrogens (tertiary/aromatic N) is 2. The van der Waals surface area contributed by atoms with Gasteiger partial charge in [0, 0.05) is 56.5 Å². The first kappa shape index (κ1) is 28.5. The first-order valence-electron chi connectivity index (χ1n) is 12.5. The normalized spacial score (nSPS) is 10.9. The van der Waals surface area contributed by atoms with Gasteiger partial charge in [0.25, 0.3) is 0 Å². The van der Waals surface area contributed by atoms with E-state index in [-0.39, 0.29) is 17.6 Å². The number of allylic oxidation sites excluding steroid dienone is 1. The summed E-state index contributed by atoms with van der Waals surface area (Å²) in [5.74, 6) is 0.235. The monoisotopic (exact) mass is 486 g/mol. The van der Waals surface area contributed by atoms with Gasteiger partial charge in [-0.3, -0.25) is 14.5 Å². The van der Waals surface area contributed by atoms with Crippen molar-refractivity contribution < 1.29 is 9.59 Å². The maximum absolute atomic E-state index is 11.8. The summed E-state index contributed by atoms with van der Waals surface area (Å²) in [5, 5.41) is 11.3. The van der Waals surface area contributed by atoms with E-state index in [1.54, 1.807) is 19.2 Å². The van der Waals surface area contributed by atoms with Crippen LogP contribution in [0.2, 0.25) is 0 Å². The second kappa shape index (κ2) is 15.3. The molecule has 0 unspecified atom stereocenters. The Balaban J connectivity index is 0.00000145. The van der Waals surface area contributed by atoms with Gasteiger partial charge in [-0.2, -0.15) is 5.26 Å². The summed E-state index contributed by atoms with van der Waals surface area (Å²) in [7, 11) is 1.68. The lowest BCUT2D eigenvalue weighted by Gasteiger charge is -2.22. The molecule has 0 atom stereocenters. The van der Waals surface area contributed by atoms with Crippen LogP contribution in [0.3, 0.4) is 0 Å². The minimum absolute atomic E-state index is 0.0148. The van der Waals surface area contributed by atoms with Crippen molar-refractivity contribution in [2.24, 2.45) is 5.92 Å². The molecule has 36 heavy (non-hydrogen) atoms. The van der Waals surface area contributed by atoms with E-state index in [0.717, 1.165) is 38.0 Å². The fourth-order valence-electron chi connectivity index (χ4n) is 3.84. The summed E-state index contributed by atoms with van der Waals surface area (Å²) < 4.78 is 0. The van der Waals surface area contributed by atoms with Gasteiger partial charge >= 0.3 is 0 Å². The van der Waals surface area contributed by atoms with Crippen molar-refractivity contribution in [3.8, 4) is 6.07 Å². The minimum atomic E-state index is 0.0148. The smallest absolute Gasteiger partial charge is 0.219 e. The van der Waals surface area contributed by atoms with E-state index in [4.69, 9.17) is 5.26 Å². The molecule has 1 heterocycles. The molecule has 0 aliphatic carbocycles. The van der Waals surface area contributed by atoms with E-state index in [1.807, 2.05) is 26.0 Å². The predicted octanol–water partition coefficient (Wildman–Crippen LogP) is 5.51. The summed E-state index contributed by atoms with van der Waals surface area (Å²) >= 11 is 0. The van der Waals surface area contributed by atoms with Crippen molar-refractivity contribution in [1.29, 1.82) is 5.26 Å². The molecule has 0 aliphatic rings. The van der Waals surface area contributed by atoms with Gasteiger partial charge in [0.15, 0.2) is 5.78 Å². The number of para-hydroxylation sites is 1. The summed E-state index contributed by atoms with van der Waals surface area (Å²) in [4.78, 5) is 29.3. The number of aromatic nitrogens is 1. The van der Waals surface area contributed by atoms with E-state index in [1.165, 1.54) is 29.0 Å². The van der Waals surface area contributed by atoms with Gasteiger partial charge in [0.1, 0.15) is 0 Å². The number of hydrogen-bond acceptors (Lipinski definition) is 4. The first-order valence-corrected chi connectivity index (χ1v) is 12.5. The number of aromatic amines is 1. The SMILES string of the molecule is CC#N.CNC(=O)CCCN(CCc1c[nH]c2ccccc12)Cc1ccc(/C=C/C(=O)C(C)C)cc1. The van der Waals surface area contributed by atoms with Crippen LogP contribution in [0.15, 0.2) is 60.8 Å². The van der Waals surface area contributed by atoms with Gasteiger partial charge in [0.2, 0.25) is 5.91 Å². The topological polar surface area (TPSA) is 89.0 Å². The molecule has 3 rings (SSSR count). The molecule has 0 bridgehead atoms. The van der Waals surface area contributed by atoms with Gasteiger partial charge in [-0.05, 0) is 48.2 Å². The molecule has 0 saturated carbocycles. The van der Waals surface area contributed by atoms with Gasteiger partial charge in [0.05, 0.1) is 6.07 Å². The minimum Gasteiger partial charge on any atom is -0.361 e. The lowest BCUT2D eigenvalue weighted by molar-refractivity contribution is -0.120. The zero-order chi connectivity index (χ0) is 26.3. The summed E-state index contributed by atoms with van der Waals surface area (Å²) in [6.45, 7) is 7.85. The molecule has 2 N–H and O–H groups in total. The molecule has 2 aromatic carbocycles. The Kier molecular flexibility index (Phi) is 12.2. The van der Waals surface area contributed by atoms with Crippen molar-refractivity contribution in [1.82, 2.24) is 15.2 Å². The Morgan fingerprint density at radius 2 is 1.81 bits per heavy atom. The third-order valence-corrected chi connectivity index (χ3v) is 5.92. The molecule has 6 heteroatoms. The maximum atomic E-state index is 11.8. The Morgan fingerprint density at radius 1 is 1.11 bits per heavy atom. The number of carbonyl (C=O) groups excluding carboxylic acids is 2. The van der Waals surface area contributed by atoms with Crippen LogP contribution in [0.25, 0.3) is 17.0 Å². The Morgan fingerprint density at radius 3 is 2.47 bits per heavy atom. The van der Waals surface area contributed by atoms with E-state index in [0.29, 0.717) is 6.42 Å². The van der Waals surface area contributed by atoms with Crippen molar-refractivity contribution in [3.63, 3.8) is 0 Å². The van der Waals surface area contributed by atoms with Gasteiger partial charge in [-0.15, -0.1) is 0 Å². The highest BCUT2D eigenvalue weighted by molar-refractivity contribution is 5.94. The number of fused-ring (bicyclic) bond motifs is 1. The number of carbonyl (C=O) groups is 2. The number of amides is 1. The molecule has 0 aliphatic heterocycles. The molecule has 3 aromatic rings. The third-order valence-electron chi connectivity index (χ3n) is 5.92. The number of nitrogens with one attached hydrogen (secondary N) is 2. The highest BCUT2D eigenvalue weighted by atomic mass is 16.1. The van der Waals surface area contributed by atoms with E-state index in [9.17, 15) is 9.59 Å². The average molecular weight is 487 g/mol. The number of H-pyrrole nitrogens is 1. The van der Waals surface area contributed by atoms with Crippen LogP contribution in [0.5, 0.6) is 0 Å². The van der Waals surface area contributed by atoms with Crippen LogP contribution in [-0.4, -0.2) is 41.7 Å². The third kappa shape index (κ3) is 9.52. The molecule has 6 nitrogen and oxygen atoms in total. The number of nitriles is 1. The van der Waals surface area contributed by atoms with Crippen LogP contribution in [-0.2, 0) is 22.6 Å². The first-order chi connectivity index (χ1) is 17.4. The molecule has 0 radical (unpaired) electrons.